The number of ether oxygens (including phenoxy) is 1. The molecule has 3 rings (SSSR count). The molecule has 4 N–H and O–H groups in total. The molecule has 0 atom stereocenters. The number of benzene rings is 1. The second-order valence-corrected chi connectivity index (χ2v) is 5.80. The van der Waals surface area contributed by atoms with Crippen molar-refractivity contribution in [1.29, 1.82) is 0 Å². The molecule has 0 bridgehead atoms. The van der Waals surface area contributed by atoms with Crippen LogP contribution in [0.15, 0.2) is 48.9 Å². The van der Waals surface area contributed by atoms with Crippen LogP contribution in [0.25, 0.3) is 0 Å². The number of nitrogens with one attached hydrogen (secondary N) is 2. The molecule has 3 aromatic rings. The highest BCUT2D eigenvalue weighted by Gasteiger charge is 2.15. The van der Waals surface area contributed by atoms with E-state index in [1.807, 2.05) is 0 Å². The minimum atomic E-state index is -0.433. The van der Waals surface area contributed by atoms with Crippen molar-refractivity contribution in [3.05, 3.63) is 59.5 Å². The summed E-state index contributed by atoms with van der Waals surface area (Å²) in [5, 5.41) is 6.59. The Morgan fingerprint density at radius 2 is 1.85 bits per heavy atom. The first-order chi connectivity index (χ1) is 13.1. The molecule has 0 radical (unpaired) electrons. The van der Waals surface area contributed by atoms with Crippen molar-refractivity contribution in [1.82, 2.24) is 15.0 Å². The summed E-state index contributed by atoms with van der Waals surface area (Å²) in [6.45, 7) is 2.03. The smallest absolute Gasteiger partial charge is 0.340 e. The first kappa shape index (κ1) is 18.4. The van der Waals surface area contributed by atoms with Crippen molar-refractivity contribution >= 4 is 46.4 Å². The van der Waals surface area contributed by atoms with Gasteiger partial charge < -0.3 is 21.1 Å². The molecule has 2 aromatic heterocycles. The molecule has 0 aliphatic carbocycles. The fraction of sp³-hybridized carbons (Fsp3) is 0.111. The minimum Gasteiger partial charge on any atom is -0.462 e. The predicted molar refractivity (Wildman–Crippen MR) is 105 cm³/mol. The van der Waals surface area contributed by atoms with Crippen molar-refractivity contribution in [2.75, 3.05) is 23.0 Å². The van der Waals surface area contributed by atoms with Gasteiger partial charge in [-0.15, -0.1) is 0 Å². The maximum atomic E-state index is 12.1. The Balaban J connectivity index is 1.87. The molecule has 0 aliphatic heterocycles. The summed E-state index contributed by atoms with van der Waals surface area (Å²) < 4.78 is 5.07. The molecule has 0 spiro atoms. The molecule has 0 amide bonds. The number of hydrogen-bond donors (Lipinski definition) is 3. The van der Waals surface area contributed by atoms with Gasteiger partial charge in [0, 0.05) is 6.20 Å². The highest BCUT2D eigenvalue weighted by molar-refractivity contribution is 6.30. The van der Waals surface area contributed by atoms with Gasteiger partial charge in [0.15, 0.2) is 11.6 Å². The number of nitrogens with zero attached hydrogens (tertiary/aromatic N) is 3. The van der Waals surface area contributed by atoms with Gasteiger partial charge in [0.1, 0.15) is 17.8 Å². The summed E-state index contributed by atoms with van der Waals surface area (Å²) >= 11 is 5.84. The Kier molecular flexibility index (Phi) is 5.68. The molecular weight excluding hydrogens is 368 g/mol. The van der Waals surface area contributed by atoms with Gasteiger partial charge >= 0.3 is 5.97 Å². The third-order valence-electron chi connectivity index (χ3n) is 3.53. The van der Waals surface area contributed by atoms with Crippen LogP contribution in [-0.4, -0.2) is 27.5 Å². The number of aromatic nitrogens is 3. The van der Waals surface area contributed by atoms with E-state index >= 15 is 0 Å². The number of esters is 1. The first-order valence-electron chi connectivity index (χ1n) is 8.10. The molecule has 0 unspecified atom stereocenters. The van der Waals surface area contributed by atoms with Gasteiger partial charge in [-0.25, -0.2) is 19.7 Å². The average Bonchev–Trinajstić information content (AvgIpc) is 2.67. The third kappa shape index (κ3) is 4.42. The van der Waals surface area contributed by atoms with Crippen LogP contribution in [0.2, 0.25) is 5.02 Å². The number of halogens is 1. The lowest BCUT2D eigenvalue weighted by molar-refractivity contribution is 0.0527. The van der Waals surface area contributed by atoms with Crippen LogP contribution in [0.1, 0.15) is 17.3 Å². The number of para-hydroxylation sites is 1. The van der Waals surface area contributed by atoms with E-state index in [-0.39, 0.29) is 12.3 Å². The number of carbonyl (C=O) groups is 1. The van der Waals surface area contributed by atoms with Crippen molar-refractivity contribution in [3.63, 3.8) is 0 Å². The van der Waals surface area contributed by atoms with Gasteiger partial charge in [-0.2, -0.15) is 0 Å². The Labute approximate surface area is 160 Å². The lowest BCUT2D eigenvalue weighted by Gasteiger charge is -2.14. The number of hydrogen-bond acceptors (Lipinski definition) is 8. The Morgan fingerprint density at radius 3 is 2.56 bits per heavy atom. The van der Waals surface area contributed by atoms with Gasteiger partial charge in [0.2, 0.25) is 0 Å². The first-order valence-corrected chi connectivity index (χ1v) is 8.48. The Bertz CT molecular complexity index is 949. The minimum absolute atomic E-state index is 0.271. The molecule has 2 heterocycles. The molecule has 27 heavy (non-hydrogen) atoms. The zero-order valence-corrected chi connectivity index (χ0v) is 15.2. The van der Waals surface area contributed by atoms with E-state index in [4.69, 9.17) is 22.1 Å². The number of pyridine rings is 1. The standard InChI is InChI=1S/C18H17ClN6O2/c1-2-27-18(26)12-5-3-4-6-13(12)24-16-15(20)17(23-10-22-16)25-14-8-7-11(19)9-21-14/h3-10H,2,20H2,1H3,(H2,21,22,23,24,25). The van der Waals surface area contributed by atoms with Gasteiger partial charge in [-0.1, -0.05) is 23.7 Å². The molecule has 0 fully saturated rings. The van der Waals surface area contributed by atoms with E-state index in [0.29, 0.717) is 33.7 Å². The maximum Gasteiger partial charge on any atom is 0.340 e. The molecule has 9 heteroatoms. The van der Waals surface area contributed by atoms with Crippen molar-refractivity contribution in [3.8, 4) is 0 Å². The average molecular weight is 385 g/mol. The molecule has 1 aromatic carbocycles. The van der Waals surface area contributed by atoms with E-state index < -0.39 is 5.97 Å². The van der Waals surface area contributed by atoms with Gasteiger partial charge in [0.25, 0.3) is 0 Å². The SMILES string of the molecule is CCOC(=O)c1ccccc1Nc1ncnc(Nc2ccc(Cl)cn2)c1N. The van der Waals surface area contributed by atoms with E-state index in [1.54, 1.807) is 43.3 Å². The van der Waals surface area contributed by atoms with Crippen LogP contribution < -0.4 is 16.4 Å². The Hall–Kier alpha value is -3.39. The van der Waals surface area contributed by atoms with Crippen LogP contribution in [0, 0.1) is 0 Å². The normalized spacial score (nSPS) is 10.3. The monoisotopic (exact) mass is 384 g/mol. The van der Waals surface area contributed by atoms with E-state index in [0.717, 1.165) is 0 Å². The van der Waals surface area contributed by atoms with Crippen LogP contribution in [0.4, 0.5) is 28.8 Å². The highest BCUT2D eigenvalue weighted by atomic mass is 35.5. The molecule has 138 valence electrons. The number of anilines is 5. The second-order valence-electron chi connectivity index (χ2n) is 5.36. The summed E-state index contributed by atoms with van der Waals surface area (Å²) in [6, 6.07) is 10.3. The fourth-order valence-corrected chi connectivity index (χ4v) is 2.38. The third-order valence-corrected chi connectivity index (χ3v) is 3.76. The van der Waals surface area contributed by atoms with Crippen LogP contribution in [0.3, 0.4) is 0 Å². The summed E-state index contributed by atoms with van der Waals surface area (Å²) in [5.74, 6) is 0.814. The summed E-state index contributed by atoms with van der Waals surface area (Å²) in [4.78, 5) is 24.6. The predicted octanol–water partition coefficient (Wildman–Crippen LogP) is 3.77. The van der Waals surface area contributed by atoms with Crippen molar-refractivity contribution in [2.24, 2.45) is 0 Å². The lowest BCUT2D eigenvalue weighted by Crippen LogP contribution is -2.10. The number of carbonyl (C=O) groups excluding carboxylic acids is 1. The Morgan fingerprint density at radius 1 is 1.11 bits per heavy atom. The topological polar surface area (TPSA) is 115 Å². The summed E-state index contributed by atoms with van der Waals surface area (Å²) in [5.41, 5.74) is 7.35. The second kappa shape index (κ2) is 8.33. The quantitative estimate of drug-likeness (QED) is 0.550. The van der Waals surface area contributed by atoms with Crippen LogP contribution >= 0.6 is 11.6 Å². The zero-order chi connectivity index (χ0) is 19.2. The molecular formula is C18H17ClN6O2. The number of nitrogen functional groups attached to an aromatic ring is 1. The number of nitrogens with two attached hydrogens (primary N) is 1. The van der Waals surface area contributed by atoms with Crippen molar-refractivity contribution in [2.45, 2.75) is 6.92 Å². The van der Waals surface area contributed by atoms with Crippen molar-refractivity contribution < 1.29 is 9.53 Å². The van der Waals surface area contributed by atoms with Crippen LogP contribution in [-0.2, 0) is 4.74 Å². The maximum absolute atomic E-state index is 12.1. The van der Waals surface area contributed by atoms with E-state index in [9.17, 15) is 4.79 Å². The zero-order valence-electron chi connectivity index (χ0n) is 14.4. The van der Waals surface area contributed by atoms with Gasteiger partial charge in [-0.05, 0) is 31.2 Å². The number of rotatable bonds is 6. The highest BCUT2D eigenvalue weighted by Crippen LogP contribution is 2.29. The molecule has 8 nitrogen and oxygen atoms in total. The molecule has 0 saturated carbocycles. The largest absolute Gasteiger partial charge is 0.462 e. The van der Waals surface area contributed by atoms with Crippen LogP contribution in [0.5, 0.6) is 0 Å². The van der Waals surface area contributed by atoms with Gasteiger partial charge in [0.05, 0.1) is 22.9 Å². The molecule has 0 aliphatic rings. The van der Waals surface area contributed by atoms with E-state index in [2.05, 4.69) is 25.6 Å². The lowest BCUT2D eigenvalue weighted by atomic mass is 10.2. The van der Waals surface area contributed by atoms with Gasteiger partial charge in [-0.3, -0.25) is 0 Å². The fourth-order valence-electron chi connectivity index (χ4n) is 2.27. The summed E-state index contributed by atoms with van der Waals surface area (Å²) in [6.07, 6.45) is 2.86. The molecule has 0 saturated heterocycles. The summed E-state index contributed by atoms with van der Waals surface area (Å²) in [7, 11) is 0. The van der Waals surface area contributed by atoms with E-state index in [1.165, 1.54) is 12.5 Å².